The highest BCUT2D eigenvalue weighted by Gasteiger charge is 2.52. The van der Waals surface area contributed by atoms with Crippen LogP contribution in [-0.4, -0.2) is 21.9 Å². The first-order valence-electron chi connectivity index (χ1n) is 4.82. The monoisotopic (exact) mass is 210 g/mol. The van der Waals surface area contributed by atoms with E-state index in [1.54, 1.807) is 0 Å². The molecule has 1 spiro atoms. The zero-order chi connectivity index (χ0) is 10.5. The predicted octanol–water partition coefficient (Wildman–Crippen LogP) is -0.428. The second kappa shape index (κ2) is 2.80. The molecule has 1 N–H and O–H groups in total. The van der Waals surface area contributed by atoms with Crippen molar-refractivity contribution in [3.05, 3.63) is 33.1 Å². The van der Waals surface area contributed by atoms with Crippen molar-refractivity contribution in [2.75, 3.05) is 6.61 Å². The molecule has 0 aliphatic carbocycles. The number of hydrogen-bond donors (Lipinski definition) is 1. The van der Waals surface area contributed by atoms with Crippen LogP contribution in [0.25, 0.3) is 0 Å². The molecule has 3 rings (SSSR count). The van der Waals surface area contributed by atoms with Crippen LogP contribution in [0.2, 0.25) is 0 Å². The van der Waals surface area contributed by atoms with Crippen LogP contribution in [0.4, 0.5) is 0 Å². The summed E-state index contributed by atoms with van der Waals surface area (Å²) in [5.41, 5.74) is -0.836. The molecular weight excluding hydrogens is 200 g/mol. The molecule has 0 unspecified atom stereocenters. The Kier molecular flexibility index (Phi) is 1.66. The second-order valence-electron chi connectivity index (χ2n) is 3.83. The first-order chi connectivity index (χ1) is 7.19. The Morgan fingerprint density at radius 3 is 2.93 bits per heavy atom. The van der Waals surface area contributed by atoms with Gasteiger partial charge in [0, 0.05) is 18.7 Å². The summed E-state index contributed by atoms with van der Waals surface area (Å²) in [7, 11) is 0. The Labute approximate surface area is 84.4 Å². The van der Waals surface area contributed by atoms with Gasteiger partial charge in [-0.1, -0.05) is 0 Å². The molecule has 0 saturated carbocycles. The molecule has 6 nitrogen and oxygen atoms in total. The Bertz CT molecular complexity index is 499. The highest BCUT2D eigenvalue weighted by molar-refractivity contribution is 4.91. The van der Waals surface area contributed by atoms with Crippen LogP contribution < -0.4 is 11.2 Å². The van der Waals surface area contributed by atoms with E-state index in [-0.39, 0.29) is 6.23 Å². The molecule has 80 valence electrons. The fraction of sp³-hybridized carbons (Fsp3) is 0.556. The van der Waals surface area contributed by atoms with E-state index in [0.717, 1.165) is 12.8 Å². The minimum atomic E-state index is -0.444. The van der Waals surface area contributed by atoms with Gasteiger partial charge in [-0.15, -0.1) is 0 Å². The van der Waals surface area contributed by atoms with Crippen molar-refractivity contribution in [2.24, 2.45) is 0 Å². The molecule has 3 heterocycles. The average molecular weight is 210 g/mol. The number of ether oxygens (including phenoxy) is 2. The van der Waals surface area contributed by atoms with Gasteiger partial charge in [-0.2, -0.15) is 0 Å². The molecule has 2 fully saturated rings. The second-order valence-corrected chi connectivity index (χ2v) is 3.83. The minimum absolute atomic E-state index is 0.322. The summed E-state index contributed by atoms with van der Waals surface area (Å²) >= 11 is 0. The van der Waals surface area contributed by atoms with Crippen molar-refractivity contribution in [3.8, 4) is 0 Å². The molecule has 2 aliphatic heterocycles. The lowest BCUT2D eigenvalue weighted by Crippen LogP contribution is -2.31. The van der Waals surface area contributed by atoms with Gasteiger partial charge < -0.3 is 9.47 Å². The van der Waals surface area contributed by atoms with Crippen molar-refractivity contribution in [1.82, 2.24) is 9.55 Å². The van der Waals surface area contributed by atoms with E-state index in [9.17, 15) is 9.59 Å². The van der Waals surface area contributed by atoms with Gasteiger partial charge in [-0.3, -0.25) is 14.3 Å². The molecule has 0 amide bonds. The van der Waals surface area contributed by atoms with Crippen molar-refractivity contribution < 1.29 is 9.47 Å². The number of aromatic amines is 1. The maximum absolute atomic E-state index is 11.4. The predicted molar refractivity (Wildman–Crippen MR) is 49.4 cm³/mol. The van der Waals surface area contributed by atoms with Crippen LogP contribution in [0.15, 0.2) is 21.9 Å². The van der Waals surface area contributed by atoms with Crippen molar-refractivity contribution in [3.63, 3.8) is 0 Å². The zero-order valence-electron chi connectivity index (χ0n) is 7.93. The lowest BCUT2D eigenvalue weighted by Gasteiger charge is -2.12. The first-order valence-corrected chi connectivity index (χ1v) is 4.82. The fourth-order valence-corrected chi connectivity index (χ4v) is 1.85. The Balaban J connectivity index is 1.93. The van der Waals surface area contributed by atoms with Gasteiger partial charge >= 0.3 is 5.69 Å². The van der Waals surface area contributed by atoms with Gasteiger partial charge in [0.15, 0.2) is 5.79 Å². The molecule has 2 aliphatic rings. The van der Waals surface area contributed by atoms with Gasteiger partial charge in [-0.25, -0.2) is 4.79 Å². The van der Waals surface area contributed by atoms with E-state index >= 15 is 0 Å². The van der Waals surface area contributed by atoms with Crippen molar-refractivity contribution >= 4 is 0 Å². The summed E-state index contributed by atoms with van der Waals surface area (Å²) in [6, 6.07) is 1.31. The van der Waals surface area contributed by atoms with E-state index in [1.165, 1.54) is 16.8 Å². The number of rotatable bonds is 1. The molecule has 0 bridgehead atoms. The van der Waals surface area contributed by atoms with Gasteiger partial charge in [0.05, 0.1) is 0 Å². The normalized spacial score (nSPS) is 33.5. The van der Waals surface area contributed by atoms with Gasteiger partial charge in [0.1, 0.15) is 12.8 Å². The van der Waals surface area contributed by atoms with Crippen LogP contribution in [0.1, 0.15) is 19.1 Å². The third-order valence-electron chi connectivity index (χ3n) is 2.75. The van der Waals surface area contributed by atoms with Gasteiger partial charge in [0.2, 0.25) is 0 Å². The number of nitrogens with zero attached hydrogens (tertiary/aromatic N) is 1. The van der Waals surface area contributed by atoms with E-state index in [0.29, 0.717) is 6.61 Å². The zero-order valence-corrected chi connectivity index (χ0v) is 7.93. The Morgan fingerprint density at radius 2 is 2.33 bits per heavy atom. The van der Waals surface area contributed by atoms with Gasteiger partial charge in [-0.05, 0) is 6.42 Å². The molecule has 2 atom stereocenters. The van der Waals surface area contributed by atoms with E-state index < -0.39 is 17.0 Å². The topological polar surface area (TPSA) is 76.6 Å². The molecule has 6 heteroatoms. The summed E-state index contributed by atoms with van der Waals surface area (Å²) in [4.78, 5) is 24.5. The lowest BCUT2D eigenvalue weighted by molar-refractivity contribution is -0.0699. The average Bonchev–Trinajstić information content (AvgIpc) is 2.79. The maximum atomic E-state index is 11.4. The van der Waals surface area contributed by atoms with Crippen LogP contribution in [0, 0.1) is 0 Å². The highest BCUT2D eigenvalue weighted by atomic mass is 16.8. The molecule has 1 aromatic rings. The van der Waals surface area contributed by atoms with Crippen LogP contribution in [-0.2, 0) is 9.47 Å². The van der Waals surface area contributed by atoms with Gasteiger partial charge in [0.25, 0.3) is 5.56 Å². The summed E-state index contributed by atoms with van der Waals surface area (Å²) in [6.07, 6.45) is 2.65. The van der Waals surface area contributed by atoms with E-state index in [1.807, 2.05) is 0 Å². The van der Waals surface area contributed by atoms with Crippen LogP contribution in [0.5, 0.6) is 0 Å². The Hall–Kier alpha value is -1.40. The third-order valence-corrected chi connectivity index (χ3v) is 2.75. The molecule has 15 heavy (non-hydrogen) atoms. The molecule has 1 aromatic heterocycles. The van der Waals surface area contributed by atoms with E-state index in [2.05, 4.69) is 4.98 Å². The fourth-order valence-electron chi connectivity index (χ4n) is 1.85. The molecular formula is C9H10N2O4. The van der Waals surface area contributed by atoms with Crippen molar-refractivity contribution in [2.45, 2.75) is 24.9 Å². The highest BCUT2D eigenvalue weighted by Crippen LogP contribution is 2.44. The number of aromatic nitrogens is 2. The lowest BCUT2D eigenvalue weighted by atomic mass is 10.2. The SMILES string of the molecule is O=c1ccn([C@H]2CC[C@]3(CO3)O2)c(=O)[nH]1. The van der Waals surface area contributed by atoms with Crippen molar-refractivity contribution in [1.29, 1.82) is 0 Å². The summed E-state index contributed by atoms with van der Waals surface area (Å²) in [5, 5.41) is 0. The summed E-state index contributed by atoms with van der Waals surface area (Å²) in [5.74, 6) is -0.444. The maximum Gasteiger partial charge on any atom is 0.330 e. The quantitative estimate of drug-likeness (QED) is 0.638. The Morgan fingerprint density at radius 1 is 1.53 bits per heavy atom. The first kappa shape index (κ1) is 8.87. The number of nitrogens with one attached hydrogen (secondary N) is 1. The molecule has 0 aromatic carbocycles. The smallest absolute Gasteiger partial charge is 0.330 e. The van der Waals surface area contributed by atoms with Crippen LogP contribution in [0.3, 0.4) is 0 Å². The third kappa shape index (κ3) is 1.42. The number of H-pyrrole nitrogens is 1. The van der Waals surface area contributed by atoms with Crippen LogP contribution >= 0.6 is 0 Å². The summed E-state index contributed by atoms with van der Waals surface area (Å²) in [6.45, 7) is 0.599. The summed E-state index contributed by atoms with van der Waals surface area (Å²) < 4.78 is 12.1. The van der Waals surface area contributed by atoms with E-state index in [4.69, 9.17) is 9.47 Å². The standard InChI is InChI=1S/C9H10N2O4/c12-6-2-4-11(8(13)10-6)7-1-3-9(15-7)5-14-9/h2,4,7H,1,3,5H2,(H,10,12,13)/t7-,9-/m1/s1. The largest absolute Gasteiger partial charge is 0.342 e. The number of hydrogen-bond acceptors (Lipinski definition) is 4. The minimum Gasteiger partial charge on any atom is -0.342 e. The number of epoxide rings is 1. The molecule has 0 radical (unpaired) electrons. The molecule has 2 saturated heterocycles.